The van der Waals surface area contributed by atoms with E-state index in [0.29, 0.717) is 23.2 Å². The van der Waals surface area contributed by atoms with E-state index in [1.165, 1.54) is 12.1 Å². The summed E-state index contributed by atoms with van der Waals surface area (Å²) in [6.45, 7) is 6.38. The van der Waals surface area contributed by atoms with E-state index in [1.54, 1.807) is 30.2 Å². The van der Waals surface area contributed by atoms with E-state index in [-0.39, 0.29) is 11.2 Å². The first kappa shape index (κ1) is 15.6. The minimum atomic E-state index is -0.911. The summed E-state index contributed by atoms with van der Waals surface area (Å²) in [4.78, 5) is 17.4. The maximum absolute atomic E-state index is 13.2. The van der Waals surface area contributed by atoms with E-state index in [9.17, 15) is 14.3 Å². The molecule has 1 aromatic carbocycles. The number of halogens is 1. The van der Waals surface area contributed by atoms with Gasteiger partial charge in [-0.25, -0.2) is 4.39 Å². The van der Waals surface area contributed by atoms with Crippen molar-refractivity contribution in [1.82, 2.24) is 4.98 Å². The fourth-order valence-electron chi connectivity index (χ4n) is 3.16. The van der Waals surface area contributed by atoms with Gasteiger partial charge >= 0.3 is 0 Å². The number of nitrogens with zero attached hydrogens (tertiary/aromatic N) is 2. The molecule has 2 aromatic rings. The van der Waals surface area contributed by atoms with Crippen LogP contribution in [0.25, 0.3) is 0 Å². The number of anilines is 1. The highest BCUT2D eigenvalue weighted by atomic mass is 19.1. The number of aliphatic hydroxyl groups excluding tert-OH is 1. The van der Waals surface area contributed by atoms with Crippen LogP contribution >= 0.6 is 0 Å². The Morgan fingerprint density at radius 1 is 1.39 bits per heavy atom. The van der Waals surface area contributed by atoms with Gasteiger partial charge in [-0.05, 0) is 36.2 Å². The number of fused-ring (bicyclic) bond motifs is 1. The van der Waals surface area contributed by atoms with Crippen molar-refractivity contribution < 1.29 is 14.3 Å². The average Bonchev–Trinajstić information content (AvgIpc) is 2.77. The SMILES string of the molecule is Cc1cc(F)ccc1C(O)c1cnc2c(c1)N(C=O)CC2(C)C. The van der Waals surface area contributed by atoms with Crippen LogP contribution in [0.5, 0.6) is 0 Å². The third-order valence-electron chi connectivity index (χ3n) is 4.37. The normalized spacial score (nSPS) is 17.0. The summed E-state index contributed by atoms with van der Waals surface area (Å²) in [5.41, 5.74) is 3.24. The summed E-state index contributed by atoms with van der Waals surface area (Å²) < 4.78 is 13.2. The predicted molar refractivity (Wildman–Crippen MR) is 85.9 cm³/mol. The molecule has 3 rings (SSSR count). The molecule has 1 N–H and O–H groups in total. The average molecular weight is 314 g/mol. The number of pyridine rings is 1. The van der Waals surface area contributed by atoms with Gasteiger partial charge in [-0.3, -0.25) is 9.78 Å². The highest BCUT2D eigenvalue weighted by molar-refractivity contribution is 5.80. The van der Waals surface area contributed by atoms with Crippen LogP contribution in [0.4, 0.5) is 10.1 Å². The van der Waals surface area contributed by atoms with Crippen LogP contribution in [-0.2, 0) is 10.2 Å². The van der Waals surface area contributed by atoms with Crippen LogP contribution in [0.1, 0.15) is 42.3 Å². The number of hydrogen-bond donors (Lipinski definition) is 1. The Kier molecular flexibility index (Phi) is 3.68. The monoisotopic (exact) mass is 314 g/mol. The zero-order chi connectivity index (χ0) is 16.8. The third-order valence-corrected chi connectivity index (χ3v) is 4.37. The lowest BCUT2D eigenvalue weighted by atomic mass is 9.90. The minimum absolute atomic E-state index is 0.217. The van der Waals surface area contributed by atoms with E-state index >= 15 is 0 Å². The van der Waals surface area contributed by atoms with Gasteiger partial charge in [0.1, 0.15) is 11.9 Å². The molecule has 1 amide bonds. The number of carbonyl (C=O) groups is 1. The summed E-state index contributed by atoms with van der Waals surface area (Å²) in [5, 5.41) is 10.6. The van der Waals surface area contributed by atoms with Crippen molar-refractivity contribution in [2.24, 2.45) is 0 Å². The Hall–Kier alpha value is -2.27. The molecular formula is C18H19FN2O2. The van der Waals surface area contributed by atoms with Crippen LogP contribution in [-0.4, -0.2) is 23.0 Å². The first-order chi connectivity index (χ1) is 10.8. The molecule has 1 aliphatic heterocycles. The van der Waals surface area contributed by atoms with Gasteiger partial charge in [0, 0.05) is 23.7 Å². The molecular weight excluding hydrogens is 295 g/mol. The van der Waals surface area contributed by atoms with Crippen molar-refractivity contribution >= 4 is 12.1 Å². The van der Waals surface area contributed by atoms with Crippen molar-refractivity contribution in [3.8, 4) is 0 Å². The van der Waals surface area contributed by atoms with Crippen LogP contribution in [0.15, 0.2) is 30.5 Å². The van der Waals surface area contributed by atoms with Gasteiger partial charge in [0.15, 0.2) is 0 Å². The van der Waals surface area contributed by atoms with Gasteiger partial charge in [0.2, 0.25) is 6.41 Å². The van der Waals surface area contributed by atoms with E-state index in [1.807, 2.05) is 13.8 Å². The van der Waals surface area contributed by atoms with Crippen LogP contribution in [0, 0.1) is 12.7 Å². The quantitative estimate of drug-likeness (QED) is 0.886. The van der Waals surface area contributed by atoms with Gasteiger partial charge in [0.05, 0.1) is 11.4 Å². The zero-order valence-electron chi connectivity index (χ0n) is 13.4. The van der Waals surface area contributed by atoms with Crippen LogP contribution in [0.3, 0.4) is 0 Å². The number of carbonyl (C=O) groups excluding carboxylic acids is 1. The minimum Gasteiger partial charge on any atom is -0.384 e. The Balaban J connectivity index is 2.03. The van der Waals surface area contributed by atoms with Gasteiger partial charge in [-0.15, -0.1) is 0 Å². The molecule has 0 spiro atoms. The molecule has 120 valence electrons. The lowest BCUT2D eigenvalue weighted by Crippen LogP contribution is -2.27. The molecule has 4 nitrogen and oxygen atoms in total. The summed E-state index contributed by atoms with van der Waals surface area (Å²) in [7, 11) is 0. The first-order valence-corrected chi connectivity index (χ1v) is 7.50. The number of amides is 1. The summed E-state index contributed by atoms with van der Waals surface area (Å²) >= 11 is 0. The number of benzene rings is 1. The number of aliphatic hydroxyl groups is 1. The second kappa shape index (κ2) is 5.42. The molecule has 23 heavy (non-hydrogen) atoms. The Morgan fingerprint density at radius 3 is 2.78 bits per heavy atom. The summed E-state index contributed by atoms with van der Waals surface area (Å²) in [5.74, 6) is -0.334. The standard InChI is InChI=1S/C18H19FN2O2/c1-11-6-13(19)4-5-14(11)16(23)12-7-15-17(20-8-12)18(2,3)9-21(15)10-22/h4-8,10,16,23H,9H2,1-3H3. The van der Waals surface area contributed by atoms with E-state index in [2.05, 4.69) is 4.98 Å². The topological polar surface area (TPSA) is 53.4 Å². The summed E-state index contributed by atoms with van der Waals surface area (Å²) in [6.07, 6.45) is 1.50. The van der Waals surface area contributed by atoms with Gasteiger partial charge in [-0.1, -0.05) is 19.9 Å². The van der Waals surface area contributed by atoms with Crippen molar-refractivity contribution in [3.63, 3.8) is 0 Å². The van der Waals surface area contributed by atoms with Crippen molar-refractivity contribution in [1.29, 1.82) is 0 Å². The largest absolute Gasteiger partial charge is 0.384 e. The molecule has 2 heterocycles. The lowest BCUT2D eigenvalue weighted by Gasteiger charge is -2.17. The molecule has 0 saturated carbocycles. The molecule has 0 aliphatic carbocycles. The lowest BCUT2D eigenvalue weighted by molar-refractivity contribution is -0.107. The van der Waals surface area contributed by atoms with E-state index in [4.69, 9.17) is 0 Å². The second-order valence-corrected chi connectivity index (χ2v) is 6.66. The molecule has 5 heteroatoms. The van der Waals surface area contributed by atoms with E-state index < -0.39 is 6.10 Å². The molecule has 0 bridgehead atoms. The highest BCUT2D eigenvalue weighted by Gasteiger charge is 2.37. The van der Waals surface area contributed by atoms with Crippen molar-refractivity contribution in [3.05, 3.63) is 58.7 Å². The van der Waals surface area contributed by atoms with Gasteiger partial charge in [0.25, 0.3) is 0 Å². The summed E-state index contributed by atoms with van der Waals surface area (Å²) in [6, 6.07) is 6.08. The van der Waals surface area contributed by atoms with E-state index in [0.717, 1.165) is 17.8 Å². The number of aryl methyl sites for hydroxylation is 1. The molecule has 1 aliphatic rings. The van der Waals surface area contributed by atoms with Gasteiger partial charge < -0.3 is 10.0 Å². The van der Waals surface area contributed by atoms with Crippen LogP contribution < -0.4 is 4.90 Å². The predicted octanol–water partition coefficient (Wildman–Crippen LogP) is 2.86. The Morgan fingerprint density at radius 2 is 2.13 bits per heavy atom. The maximum atomic E-state index is 13.2. The van der Waals surface area contributed by atoms with Crippen LogP contribution in [0.2, 0.25) is 0 Å². The van der Waals surface area contributed by atoms with Crippen molar-refractivity contribution in [2.75, 3.05) is 11.4 Å². The molecule has 0 fully saturated rings. The highest BCUT2D eigenvalue weighted by Crippen LogP contribution is 2.40. The first-order valence-electron chi connectivity index (χ1n) is 7.50. The fraction of sp³-hybridized carbons (Fsp3) is 0.333. The molecule has 1 atom stereocenters. The zero-order valence-corrected chi connectivity index (χ0v) is 13.4. The third kappa shape index (κ3) is 2.61. The molecule has 0 radical (unpaired) electrons. The number of rotatable bonds is 3. The number of hydrogen-bond acceptors (Lipinski definition) is 3. The Bertz CT molecular complexity index is 774. The number of aromatic nitrogens is 1. The fourth-order valence-corrected chi connectivity index (χ4v) is 3.16. The molecule has 1 aromatic heterocycles. The van der Waals surface area contributed by atoms with Crippen molar-refractivity contribution in [2.45, 2.75) is 32.3 Å². The Labute approximate surface area is 134 Å². The molecule has 1 unspecified atom stereocenters. The molecule has 0 saturated heterocycles. The maximum Gasteiger partial charge on any atom is 0.214 e. The second-order valence-electron chi connectivity index (χ2n) is 6.66. The smallest absolute Gasteiger partial charge is 0.214 e. The van der Waals surface area contributed by atoms with Gasteiger partial charge in [-0.2, -0.15) is 0 Å².